The van der Waals surface area contributed by atoms with Crippen molar-refractivity contribution in [2.45, 2.75) is 108 Å². The molecular weight excluding hydrogens is 390 g/mol. The molecule has 0 saturated carbocycles. The lowest BCUT2D eigenvalue weighted by Gasteiger charge is -2.43. The lowest BCUT2D eigenvalue weighted by molar-refractivity contribution is -0.0128. The van der Waals surface area contributed by atoms with E-state index < -0.39 is 13.9 Å². The zero-order chi connectivity index (χ0) is 22.4. The molecule has 2 aliphatic heterocycles. The van der Waals surface area contributed by atoms with Crippen LogP contribution < -0.4 is 0 Å². The van der Waals surface area contributed by atoms with Gasteiger partial charge in [-0.3, -0.25) is 4.90 Å². The summed E-state index contributed by atoms with van der Waals surface area (Å²) in [6, 6.07) is 10.6. The molecule has 1 aromatic carbocycles. The van der Waals surface area contributed by atoms with Crippen molar-refractivity contribution in [2.24, 2.45) is 0 Å². The van der Waals surface area contributed by atoms with E-state index in [1.165, 1.54) is 5.56 Å². The van der Waals surface area contributed by atoms with Gasteiger partial charge in [-0.25, -0.2) is 4.79 Å². The maximum atomic E-state index is 13.5. The molecule has 30 heavy (non-hydrogen) atoms. The third kappa shape index (κ3) is 4.47. The van der Waals surface area contributed by atoms with E-state index in [1.807, 2.05) is 26.8 Å². The van der Waals surface area contributed by atoms with E-state index in [4.69, 9.17) is 9.16 Å². The van der Waals surface area contributed by atoms with Crippen LogP contribution in [0, 0.1) is 0 Å². The fourth-order valence-electron chi connectivity index (χ4n) is 4.80. The fraction of sp³-hybridized carbons (Fsp3) is 0.720. The van der Waals surface area contributed by atoms with Crippen LogP contribution in [0.1, 0.15) is 72.8 Å². The van der Waals surface area contributed by atoms with Gasteiger partial charge < -0.3 is 9.16 Å². The Morgan fingerprint density at radius 1 is 0.967 bits per heavy atom. The lowest BCUT2D eigenvalue weighted by Crippen LogP contribution is -2.56. The average Bonchev–Trinajstić information content (AvgIpc) is 3.09. The second kappa shape index (κ2) is 7.66. The number of ether oxygens (including phenoxy) is 1. The van der Waals surface area contributed by atoms with Gasteiger partial charge in [-0.1, -0.05) is 51.1 Å². The Hall–Kier alpha value is -1.33. The zero-order valence-electron chi connectivity index (χ0n) is 20.3. The van der Waals surface area contributed by atoms with Gasteiger partial charge in [0, 0.05) is 0 Å². The lowest BCUT2D eigenvalue weighted by atomic mass is 9.79. The van der Waals surface area contributed by atoms with E-state index in [1.54, 1.807) is 0 Å². The van der Waals surface area contributed by atoms with Gasteiger partial charge in [0.1, 0.15) is 5.60 Å². The van der Waals surface area contributed by atoms with Crippen LogP contribution >= 0.6 is 0 Å². The molecule has 0 aliphatic carbocycles. The van der Waals surface area contributed by atoms with E-state index in [0.29, 0.717) is 6.61 Å². The van der Waals surface area contributed by atoms with Crippen molar-refractivity contribution in [1.82, 2.24) is 4.90 Å². The van der Waals surface area contributed by atoms with Crippen LogP contribution in [-0.4, -0.2) is 42.6 Å². The third-order valence-corrected chi connectivity index (χ3v) is 12.0. The van der Waals surface area contributed by atoms with Gasteiger partial charge in [-0.15, -0.1) is 0 Å². The van der Waals surface area contributed by atoms with Gasteiger partial charge in [0.15, 0.2) is 8.32 Å². The summed E-state index contributed by atoms with van der Waals surface area (Å²) < 4.78 is 12.6. The van der Waals surface area contributed by atoms with Crippen LogP contribution in [0.5, 0.6) is 0 Å². The summed E-state index contributed by atoms with van der Waals surface area (Å²) in [5, 5.41) is 0.152. The highest BCUT2D eigenvalue weighted by Gasteiger charge is 2.63. The first-order valence-corrected chi connectivity index (χ1v) is 14.3. The predicted octanol–water partition coefficient (Wildman–Crippen LogP) is 6.55. The van der Waals surface area contributed by atoms with Crippen LogP contribution in [0.25, 0.3) is 0 Å². The number of carbonyl (C=O) groups is 1. The Morgan fingerprint density at radius 2 is 1.50 bits per heavy atom. The van der Waals surface area contributed by atoms with Crippen LogP contribution in [0.15, 0.2) is 30.3 Å². The summed E-state index contributed by atoms with van der Waals surface area (Å²) in [7, 11) is -1.91. The Kier molecular flexibility index (Phi) is 5.96. The second-order valence-corrected chi connectivity index (χ2v) is 16.8. The summed E-state index contributed by atoms with van der Waals surface area (Å²) in [4.78, 5) is 15.6. The second-order valence-electron chi connectivity index (χ2n) is 12.0. The average molecular weight is 432 g/mol. The molecule has 2 heterocycles. The molecule has 5 heteroatoms. The number of carbonyl (C=O) groups excluding carboxylic acids is 1. The summed E-state index contributed by atoms with van der Waals surface area (Å²) in [5.74, 6) is 0. The number of hydrogen-bond acceptors (Lipinski definition) is 3. The largest absolute Gasteiger partial charge is 0.444 e. The fourth-order valence-corrected chi connectivity index (χ4v) is 5.86. The van der Waals surface area contributed by atoms with E-state index in [9.17, 15) is 4.79 Å². The molecule has 0 radical (unpaired) electrons. The first-order chi connectivity index (χ1) is 13.7. The number of rotatable bonds is 5. The van der Waals surface area contributed by atoms with Crippen LogP contribution in [-0.2, 0) is 15.6 Å². The quantitative estimate of drug-likeness (QED) is 0.496. The number of hydrogen-bond donors (Lipinski definition) is 0. The molecular formula is C25H41NO3Si. The van der Waals surface area contributed by atoms with Gasteiger partial charge >= 0.3 is 6.09 Å². The zero-order valence-corrected chi connectivity index (χ0v) is 21.3. The molecule has 168 valence electrons. The first-order valence-electron chi connectivity index (χ1n) is 11.4. The summed E-state index contributed by atoms with van der Waals surface area (Å²) >= 11 is 0. The van der Waals surface area contributed by atoms with Gasteiger partial charge in [-0.2, -0.15) is 0 Å². The number of amides is 1. The highest BCUT2D eigenvalue weighted by molar-refractivity contribution is 6.74. The Morgan fingerprint density at radius 3 is 2.00 bits per heavy atom. The van der Waals surface area contributed by atoms with Crippen LogP contribution in [0.4, 0.5) is 4.79 Å². The molecule has 3 rings (SSSR count). The van der Waals surface area contributed by atoms with Crippen molar-refractivity contribution in [3.8, 4) is 0 Å². The minimum atomic E-state index is -1.91. The van der Waals surface area contributed by atoms with Crippen molar-refractivity contribution in [1.29, 1.82) is 0 Å². The van der Waals surface area contributed by atoms with Gasteiger partial charge in [-0.05, 0) is 76.6 Å². The molecule has 0 atom stereocenters. The van der Waals surface area contributed by atoms with Crippen molar-refractivity contribution in [2.75, 3.05) is 6.61 Å². The highest BCUT2D eigenvalue weighted by Crippen LogP contribution is 2.56. The molecule has 0 aromatic heterocycles. The van der Waals surface area contributed by atoms with Gasteiger partial charge in [0.05, 0.1) is 17.7 Å². The van der Waals surface area contributed by atoms with E-state index >= 15 is 0 Å². The van der Waals surface area contributed by atoms with E-state index in [-0.39, 0.29) is 22.2 Å². The molecule has 0 spiro atoms. The van der Waals surface area contributed by atoms with Gasteiger partial charge in [0.25, 0.3) is 0 Å². The Bertz CT molecular complexity index is 753. The van der Waals surface area contributed by atoms with Crippen LogP contribution in [0.3, 0.4) is 0 Å². The van der Waals surface area contributed by atoms with Gasteiger partial charge in [0.2, 0.25) is 0 Å². The van der Waals surface area contributed by atoms with Crippen LogP contribution in [0.2, 0.25) is 18.1 Å². The maximum Gasteiger partial charge on any atom is 0.411 e. The normalized spacial score (nSPS) is 26.9. The maximum absolute atomic E-state index is 13.5. The van der Waals surface area contributed by atoms with E-state index in [0.717, 1.165) is 32.1 Å². The van der Waals surface area contributed by atoms with Crippen molar-refractivity contribution >= 4 is 14.4 Å². The molecule has 0 N–H and O–H groups in total. The highest BCUT2D eigenvalue weighted by atomic mass is 28.4. The molecule has 0 unspecified atom stereocenters. The molecule has 2 saturated heterocycles. The van der Waals surface area contributed by atoms with Crippen molar-refractivity contribution in [3.63, 3.8) is 0 Å². The third-order valence-electron chi connectivity index (χ3n) is 7.52. The Labute approximate surface area is 184 Å². The summed E-state index contributed by atoms with van der Waals surface area (Å²) in [6.45, 7) is 17.9. The predicted molar refractivity (Wildman–Crippen MR) is 125 cm³/mol. The summed E-state index contributed by atoms with van der Waals surface area (Å²) in [6.07, 6.45) is 4.73. The monoisotopic (exact) mass is 431 g/mol. The van der Waals surface area contributed by atoms with E-state index in [2.05, 4.69) is 63.0 Å². The minimum Gasteiger partial charge on any atom is -0.444 e. The molecule has 1 aromatic rings. The first kappa shape index (κ1) is 23.3. The Balaban J connectivity index is 1.90. The molecule has 2 aliphatic rings. The molecule has 1 amide bonds. The topological polar surface area (TPSA) is 38.8 Å². The smallest absolute Gasteiger partial charge is 0.411 e. The number of fused-ring (bicyclic) bond motifs is 2. The SMILES string of the molecule is CC(C)(C)OC(=O)N1C2(CO[Si](C)(C)C(C)(C)C)CCC1(Cc1ccccc1)CC2. The molecule has 2 fully saturated rings. The standard InChI is InChI=1S/C25H41NO3Si/c1-22(2,3)29-21(27)26-24(18-20-12-10-9-11-13-20)14-16-25(26,17-15-24)19-28-30(7,8)23(4,5)6/h9-13H,14-19H2,1-8H3. The number of nitrogens with zero attached hydrogens (tertiary/aromatic N) is 1. The van der Waals surface area contributed by atoms with Crippen molar-refractivity contribution in [3.05, 3.63) is 35.9 Å². The minimum absolute atomic E-state index is 0.152. The summed E-state index contributed by atoms with van der Waals surface area (Å²) in [5.41, 5.74) is 0.371. The van der Waals surface area contributed by atoms with Crippen molar-refractivity contribution < 1.29 is 14.0 Å². The molecule has 2 bridgehead atoms. The number of benzene rings is 1. The molecule has 4 nitrogen and oxygen atoms in total.